The number of morpholine rings is 1. The lowest BCUT2D eigenvalue weighted by Crippen LogP contribution is -2.42. The normalized spacial score (nSPS) is 20.3. The van der Waals surface area contributed by atoms with Crippen LogP contribution in [0.4, 0.5) is 14.9 Å². The molecule has 1 atom stereocenters. The summed E-state index contributed by atoms with van der Waals surface area (Å²) in [5.41, 5.74) is 0.934. The fourth-order valence-corrected chi connectivity index (χ4v) is 3.82. The fourth-order valence-electron chi connectivity index (χ4n) is 2.91. The summed E-state index contributed by atoms with van der Waals surface area (Å²) in [7, 11) is 1.19. The van der Waals surface area contributed by atoms with Gasteiger partial charge in [-0.2, -0.15) is 0 Å². The van der Waals surface area contributed by atoms with Gasteiger partial charge in [0.25, 0.3) is 11.1 Å². The van der Waals surface area contributed by atoms with Crippen LogP contribution < -0.4 is 4.90 Å². The molecule has 2 amide bonds. The van der Waals surface area contributed by atoms with E-state index in [9.17, 15) is 18.8 Å². The molecule has 7 nitrogen and oxygen atoms in total. The van der Waals surface area contributed by atoms with E-state index in [2.05, 4.69) is 4.74 Å². The van der Waals surface area contributed by atoms with E-state index in [-0.39, 0.29) is 4.91 Å². The third-order valence-corrected chi connectivity index (χ3v) is 5.26. The quantitative estimate of drug-likeness (QED) is 0.573. The number of hydrogen-bond acceptors (Lipinski definition) is 7. The summed E-state index contributed by atoms with van der Waals surface area (Å²) in [6.07, 6.45) is 1.45. The molecule has 1 aromatic carbocycles. The SMILES string of the molecule is COC(=O)[C@H](C)N1C(=O)S/C(=C/c2ccc(N3CCOCC3)c(F)c2)C1=O. The van der Waals surface area contributed by atoms with Crippen molar-refractivity contribution in [3.8, 4) is 0 Å². The number of imide groups is 1. The van der Waals surface area contributed by atoms with Crippen LogP contribution in [-0.2, 0) is 19.1 Å². The third kappa shape index (κ3) is 3.98. The van der Waals surface area contributed by atoms with E-state index in [0.29, 0.717) is 49.3 Å². The number of nitrogens with zero attached hydrogens (tertiary/aromatic N) is 2. The predicted octanol–water partition coefficient (Wildman–Crippen LogP) is 2.26. The summed E-state index contributed by atoms with van der Waals surface area (Å²) < 4.78 is 24.3. The second-order valence-electron chi connectivity index (χ2n) is 6.06. The van der Waals surface area contributed by atoms with Crippen LogP contribution in [0.25, 0.3) is 6.08 Å². The van der Waals surface area contributed by atoms with Gasteiger partial charge in [0.15, 0.2) is 0 Å². The third-order valence-electron chi connectivity index (χ3n) is 4.37. The van der Waals surface area contributed by atoms with E-state index in [4.69, 9.17) is 4.74 Å². The number of esters is 1. The molecule has 27 heavy (non-hydrogen) atoms. The molecule has 0 radical (unpaired) electrons. The lowest BCUT2D eigenvalue weighted by molar-refractivity contribution is -0.148. The molecule has 0 aromatic heterocycles. The van der Waals surface area contributed by atoms with Gasteiger partial charge in [0, 0.05) is 13.1 Å². The predicted molar refractivity (Wildman–Crippen MR) is 98.7 cm³/mol. The molecule has 0 N–H and O–H groups in total. The topological polar surface area (TPSA) is 76.2 Å². The molecular weight excluding hydrogens is 375 g/mol. The Kier molecular flexibility index (Phi) is 5.81. The van der Waals surface area contributed by atoms with Crippen molar-refractivity contribution >= 4 is 40.6 Å². The van der Waals surface area contributed by atoms with Gasteiger partial charge in [0.05, 0.1) is 30.9 Å². The van der Waals surface area contributed by atoms with Crippen molar-refractivity contribution < 1.29 is 28.2 Å². The number of halogens is 1. The Balaban J connectivity index is 1.80. The van der Waals surface area contributed by atoms with Crippen molar-refractivity contribution in [3.05, 3.63) is 34.5 Å². The van der Waals surface area contributed by atoms with Crippen molar-refractivity contribution in [2.75, 3.05) is 38.3 Å². The second-order valence-corrected chi connectivity index (χ2v) is 7.05. The Morgan fingerprint density at radius 1 is 1.33 bits per heavy atom. The Morgan fingerprint density at radius 2 is 2.04 bits per heavy atom. The number of methoxy groups -OCH3 is 1. The lowest BCUT2D eigenvalue weighted by atomic mass is 10.1. The number of thioether (sulfide) groups is 1. The number of anilines is 1. The first kappa shape index (κ1) is 19.4. The maximum Gasteiger partial charge on any atom is 0.328 e. The van der Waals surface area contributed by atoms with Crippen molar-refractivity contribution in [1.82, 2.24) is 4.90 Å². The van der Waals surface area contributed by atoms with Gasteiger partial charge in [-0.1, -0.05) is 6.07 Å². The Hall–Kier alpha value is -2.39. The molecule has 0 spiro atoms. The molecule has 2 saturated heterocycles. The van der Waals surface area contributed by atoms with Gasteiger partial charge in [-0.3, -0.25) is 14.5 Å². The first-order chi connectivity index (χ1) is 12.9. The molecule has 144 valence electrons. The Labute approximate surface area is 160 Å². The molecule has 2 fully saturated rings. The summed E-state index contributed by atoms with van der Waals surface area (Å²) in [6, 6.07) is 3.64. The minimum absolute atomic E-state index is 0.134. The minimum Gasteiger partial charge on any atom is -0.467 e. The van der Waals surface area contributed by atoms with Gasteiger partial charge < -0.3 is 14.4 Å². The number of amides is 2. The maximum absolute atomic E-state index is 14.5. The lowest BCUT2D eigenvalue weighted by Gasteiger charge is -2.29. The van der Waals surface area contributed by atoms with E-state index >= 15 is 0 Å². The van der Waals surface area contributed by atoms with Crippen LogP contribution >= 0.6 is 11.8 Å². The molecular formula is C18H19FN2O5S. The molecule has 1 aromatic rings. The molecule has 0 unspecified atom stereocenters. The number of hydrogen-bond donors (Lipinski definition) is 0. The summed E-state index contributed by atoms with van der Waals surface area (Å²) in [5, 5.41) is -0.561. The largest absolute Gasteiger partial charge is 0.467 e. The van der Waals surface area contributed by atoms with Gasteiger partial charge in [-0.05, 0) is 42.5 Å². The highest BCUT2D eigenvalue weighted by molar-refractivity contribution is 8.18. The molecule has 2 aliphatic heterocycles. The monoisotopic (exact) mass is 394 g/mol. The summed E-state index contributed by atoms with van der Waals surface area (Å²) in [6.45, 7) is 3.74. The van der Waals surface area contributed by atoms with Gasteiger partial charge in [0.1, 0.15) is 11.9 Å². The molecule has 0 bridgehead atoms. The zero-order valence-electron chi connectivity index (χ0n) is 14.9. The Morgan fingerprint density at radius 3 is 2.67 bits per heavy atom. The summed E-state index contributed by atoms with van der Waals surface area (Å²) in [5.74, 6) is -1.69. The molecule has 3 rings (SSSR count). The first-order valence-electron chi connectivity index (χ1n) is 8.39. The van der Waals surface area contributed by atoms with E-state index in [1.807, 2.05) is 4.90 Å². The number of carbonyl (C=O) groups is 3. The zero-order valence-corrected chi connectivity index (χ0v) is 15.8. The average Bonchev–Trinajstić information content (AvgIpc) is 2.94. The number of carbonyl (C=O) groups excluding carboxylic acids is 3. The average molecular weight is 394 g/mol. The number of rotatable bonds is 4. The first-order valence-corrected chi connectivity index (χ1v) is 9.21. The van der Waals surface area contributed by atoms with Gasteiger partial charge >= 0.3 is 5.97 Å². The number of benzene rings is 1. The zero-order chi connectivity index (χ0) is 19.6. The van der Waals surface area contributed by atoms with Crippen LogP contribution in [0.5, 0.6) is 0 Å². The van der Waals surface area contributed by atoms with Crippen molar-refractivity contribution in [2.24, 2.45) is 0 Å². The molecule has 0 saturated carbocycles. The van der Waals surface area contributed by atoms with Crippen LogP contribution in [0.2, 0.25) is 0 Å². The summed E-state index contributed by atoms with van der Waals surface area (Å²) >= 11 is 0.712. The number of ether oxygens (including phenoxy) is 2. The van der Waals surface area contributed by atoms with Gasteiger partial charge in [-0.25, -0.2) is 9.18 Å². The van der Waals surface area contributed by atoms with E-state index in [0.717, 1.165) is 4.90 Å². The molecule has 2 aliphatic rings. The highest BCUT2D eigenvalue weighted by atomic mass is 32.2. The van der Waals surface area contributed by atoms with Crippen molar-refractivity contribution in [1.29, 1.82) is 0 Å². The van der Waals surface area contributed by atoms with E-state index in [1.165, 1.54) is 26.2 Å². The molecule has 9 heteroatoms. The van der Waals surface area contributed by atoms with E-state index in [1.54, 1.807) is 12.1 Å². The highest BCUT2D eigenvalue weighted by Crippen LogP contribution is 2.34. The molecule has 2 heterocycles. The smallest absolute Gasteiger partial charge is 0.328 e. The standard InChI is InChI=1S/C18H19FN2O5S/c1-11(17(23)25-2)21-16(22)15(27-18(21)24)10-12-3-4-14(13(19)9-12)20-5-7-26-8-6-20/h3-4,9-11H,5-8H2,1-2H3/b15-10+/t11-/m0/s1. The minimum atomic E-state index is -1.02. The van der Waals surface area contributed by atoms with Crippen LogP contribution in [0.3, 0.4) is 0 Å². The van der Waals surface area contributed by atoms with Crippen LogP contribution in [0.1, 0.15) is 12.5 Å². The fraction of sp³-hybridized carbons (Fsp3) is 0.389. The van der Waals surface area contributed by atoms with Crippen molar-refractivity contribution in [3.63, 3.8) is 0 Å². The van der Waals surface area contributed by atoms with Crippen LogP contribution in [0, 0.1) is 5.82 Å². The van der Waals surface area contributed by atoms with Crippen molar-refractivity contribution in [2.45, 2.75) is 13.0 Å². The maximum atomic E-state index is 14.5. The van der Waals surface area contributed by atoms with Gasteiger partial charge in [-0.15, -0.1) is 0 Å². The highest BCUT2D eigenvalue weighted by Gasteiger charge is 2.41. The second kappa shape index (κ2) is 8.10. The van der Waals surface area contributed by atoms with Crippen LogP contribution in [0.15, 0.2) is 23.1 Å². The Bertz CT molecular complexity index is 807. The summed E-state index contributed by atoms with van der Waals surface area (Å²) in [4.78, 5) is 39.1. The van der Waals surface area contributed by atoms with Crippen LogP contribution in [-0.4, -0.2) is 61.5 Å². The van der Waals surface area contributed by atoms with Gasteiger partial charge in [0.2, 0.25) is 0 Å². The van der Waals surface area contributed by atoms with E-state index < -0.39 is 29.0 Å². The molecule has 0 aliphatic carbocycles.